The molecule has 0 unspecified atom stereocenters. The van der Waals surface area contributed by atoms with Gasteiger partial charge in [0.15, 0.2) is 0 Å². The molecule has 2 aliphatic rings. The lowest BCUT2D eigenvalue weighted by Crippen LogP contribution is -2.26. The van der Waals surface area contributed by atoms with Gasteiger partial charge < -0.3 is 10.6 Å². The monoisotopic (exact) mass is 156 g/mol. The van der Waals surface area contributed by atoms with Crippen LogP contribution >= 0.6 is 0 Å². The van der Waals surface area contributed by atoms with E-state index in [-0.39, 0.29) is 0 Å². The molecule has 2 rings (SSSR count). The van der Waals surface area contributed by atoms with Gasteiger partial charge in [0.1, 0.15) is 0 Å². The highest BCUT2D eigenvalue weighted by molar-refractivity contribution is 4.93. The van der Waals surface area contributed by atoms with Gasteiger partial charge in [0.2, 0.25) is 0 Å². The van der Waals surface area contributed by atoms with E-state index in [1.165, 1.54) is 39.0 Å². The van der Waals surface area contributed by atoms with Crippen LogP contribution in [0.5, 0.6) is 0 Å². The molecular weight excluding hydrogens is 136 g/mol. The first-order valence-corrected chi connectivity index (χ1v) is 4.83. The third-order valence-electron chi connectivity index (χ3n) is 2.66. The van der Waals surface area contributed by atoms with Crippen molar-refractivity contribution in [1.29, 1.82) is 0 Å². The largest absolute Gasteiger partial charge is 0.316 e. The fourth-order valence-corrected chi connectivity index (χ4v) is 1.96. The second-order valence-corrected chi connectivity index (χ2v) is 3.35. The van der Waals surface area contributed by atoms with Gasteiger partial charge >= 0.3 is 0 Å². The Balaban J connectivity index is 0.000000281. The molecule has 2 heterocycles. The Hall–Kier alpha value is -0.0800. The van der Waals surface area contributed by atoms with E-state index in [1.807, 2.05) is 13.8 Å². The Morgan fingerprint density at radius 3 is 1.64 bits per heavy atom. The normalized spacial score (nSPS) is 26.7. The summed E-state index contributed by atoms with van der Waals surface area (Å²) in [6.45, 7) is 8.98. The maximum atomic E-state index is 3.42. The fourth-order valence-electron chi connectivity index (χ4n) is 1.96. The van der Waals surface area contributed by atoms with Gasteiger partial charge in [-0.25, -0.2) is 0 Å². The highest BCUT2D eigenvalue weighted by Gasteiger charge is 2.35. The molecule has 0 aromatic carbocycles. The number of hydrogen-bond donors (Lipinski definition) is 2. The van der Waals surface area contributed by atoms with E-state index in [9.17, 15) is 0 Å². The minimum atomic E-state index is 0.667. The van der Waals surface area contributed by atoms with Gasteiger partial charge in [-0.3, -0.25) is 0 Å². The van der Waals surface area contributed by atoms with E-state index in [0.717, 1.165) is 0 Å². The van der Waals surface area contributed by atoms with E-state index < -0.39 is 0 Å². The lowest BCUT2D eigenvalue weighted by Gasteiger charge is -2.18. The molecule has 2 fully saturated rings. The van der Waals surface area contributed by atoms with Crippen molar-refractivity contribution in [2.24, 2.45) is 5.41 Å². The molecule has 2 saturated heterocycles. The van der Waals surface area contributed by atoms with Gasteiger partial charge in [0, 0.05) is 13.1 Å². The van der Waals surface area contributed by atoms with Crippen LogP contribution in [0.25, 0.3) is 0 Å². The highest BCUT2D eigenvalue weighted by Crippen LogP contribution is 2.31. The van der Waals surface area contributed by atoms with Crippen LogP contribution in [0.1, 0.15) is 26.7 Å². The summed E-state index contributed by atoms with van der Waals surface area (Å²) in [4.78, 5) is 0. The smallest absolute Gasteiger partial charge is 0.00209 e. The van der Waals surface area contributed by atoms with Crippen LogP contribution in [0.2, 0.25) is 0 Å². The Morgan fingerprint density at radius 2 is 1.36 bits per heavy atom. The Morgan fingerprint density at radius 1 is 0.909 bits per heavy atom. The predicted octanol–water partition coefficient (Wildman–Crippen LogP) is 0.986. The number of nitrogens with one attached hydrogen (secondary N) is 2. The lowest BCUT2D eigenvalue weighted by molar-refractivity contribution is 0.365. The average molecular weight is 156 g/mol. The van der Waals surface area contributed by atoms with Crippen molar-refractivity contribution in [3.8, 4) is 0 Å². The molecule has 2 aliphatic heterocycles. The molecule has 0 aliphatic carbocycles. The first kappa shape index (κ1) is 9.01. The van der Waals surface area contributed by atoms with Crippen LogP contribution in [-0.2, 0) is 0 Å². The lowest BCUT2D eigenvalue weighted by atomic mass is 9.87. The number of hydrogen-bond acceptors (Lipinski definition) is 2. The van der Waals surface area contributed by atoms with Crippen molar-refractivity contribution >= 4 is 0 Å². The van der Waals surface area contributed by atoms with Gasteiger partial charge in [-0.15, -0.1) is 0 Å². The molecule has 2 nitrogen and oxygen atoms in total. The van der Waals surface area contributed by atoms with E-state index in [2.05, 4.69) is 10.6 Å². The molecule has 0 atom stereocenters. The zero-order valence-corrected chi connectivity index (χ0v) is 7.74. The van der Waals surface area contributed by atoms with E-state index >= 15 is 0 Å². The zero-order valence-electron chi connectivity index (χ0n) is 7.74. The van der Waals surface area contributed by atoms with Crippen molar-refractivity contribution in [2.45, 2.75) is 26.7 Å². The van der Waals surface area contributed by atoms with Crippen LogP contribution < -0.4 is 10.6 Å². The first-order valence-electron chi connectivity index (χ1n) is 4.83. The first-order chi connectivity index (χ1) is 5.41. The standard InChI is InChI=1S/C7H14N2.C2H6/c1-3-8-5-7(1)2-4-9-6-7;1-2/h8-9H,1-6H2;1-2H3. The molecule has 11 heavy (non-hydrogen) atoms. The summed E-state index contributed by atoms with van der Waals surface area (Å²) in [6.07, 6.45) is 2.78. The SMILES string of the molecule is C1CC2(CCNC2)CN1.CC. The van der Waals surface area contributed by atoms with Crippen molar-refractivity contribution in [3.05, 3.63) is 0 Å². The molecular formula is C9H20N2. The molecule has 1 spiro atoms. The Kier molecular flexibility index (Phi) is 3.34. The summed E-state index contributed by atoms with van der Waals surface area (Å²) in [5.41, 5.74) is 0.667. The van der Waals surface area contributed by atoms with Crippen molar-refractivity contribution in [1.82, 2.24) is 10.6 Å². The summed E-state index contributed by atoms with van der Waals surface area (Å²) >= 11 is 0. The summed E-state index contributed by atoms with van der Waals surface area (Å²) in [5.74, 6) is 0. The third-order valence-corrected chi connectivity index (χ3v) is 2.66. The van der Waals surface area contributed by atoms with Gasteiger partial charge in [-0.1, -0.05) is 13.8 Å². The van der Waals surface area contributed by atoms with Crippen LogP contribution in [0.3, 0.4) is 0 Å². The quantitative estimate of drug-likeness (QED) is 0.546. The Labute approximate surface area is 69.8 Å². The minimum absolute atomic E-state index is 0.667. The fraction of sp³-hybridized carbons (Fsp3) is 1.00. The van der Waals surface area contributed by atoms with E-state index in [0.29, 0.717) is 5.41 Å². The highest BCUT2D eigenvalue weighted by atomic mass is 15.0. The number of rotatable bonds is 0. The molecule has 0 radical (unpaired) electrons. The third kappa shape index (κ3) is 1.94. The van der Waals surface area contributed by atoms with Crippen molar-refractivity contribution in [2.75, 3.05) is 26.2 Å². The summed E-state index contributed by atoms with van der Waals surface area (Å²) in [6, 6.07) is 0. The molecule has 2 N–H and O–H groups in total. The van der Waals surface area contributed by atoms with Crippen molar-refractivity contribution < 1.29 is 0 Å². The summed E-state index contributed by atoms with van der Waals surface area (Å²) in [7, 11) is 0. The summed E-state index contributed by atoms with van der Waals surface area (Å²) in [5, 5.41) is 6.83. The topological polar surface area (TPSA) is 24.1 Å². The molecule has 0 bridgehead atoms. The molecule has 0 aromatic heterocycles. The van der Waals surface area contributed by atoms with Crippen LogP contribution in [0.15, 0.2) is 0 Å². The average Bonchev–Trinajstić information content (AvgIpc) is 2.69. The summed E-state index contributed by atoms with van der Waals surface area (Å²) < 4.78 is 0. The van der Waals surface area contributed by atoms with E-state index in [1.54, 1.807) is 0 Å². The molecule has 0 saturated carbocycles. The van der Waals surface area contributed by atoms with Gasteiger partial charge in [0.25, 0.3) is 0 Å². The molecule has 2 heteroatoms. The maximum absolute atomic E-state index is 3.42. The van der Waals surface area contributed by atoms with Crippen LogP contribution in [0, 0.1) is 5.41 Å². The second kappa shape index (κ2) is 4.07. The minimum Gasteiger partial charge on any atom is -0.316 e. The van der Waals surface area contributed by atoms with Gasteiger partial charge in [0.05, 0.1) is 0 Å². The van der Waals surface area contributed by atoms with Crippen LogP contribution in [-0.4, -0.2) is 26.2 Å². The van der Waals surface area contributed by atoms with Crippen LogP contribution in [0.4, 0.5) is 0 Å². The second-order valence-electron chi connectivity index (χ2n) is 3.35. The molecule has 0 amide bonds. The Bertz CT molecular complexity index is 82.6. The maximum Gasteiger partial charge on any atom is 0.00209 e. The predicted molar refractivity (Wildman–Crippen MR) is 48.8 cm³/mol. The van der Waals surface area contributed by atoms with E-state index in [4.69, 9.17) is 0 Å². The molecule has 66 valence electrons. The van der Waals surface area contributed by atoms with Gasteiger partial charge in [-0.2, -0.15) is 0 Å². The van der Waals surface area contributed by atoms with Gasteiger partial charge in [-0.05, 0) is 31.3 Å². The molecule has 0 aromatic rings. The van der Waals surface area contributed by atoms with Crippen molar-refractivity contribution in [3.63, 3.8) is 0 Å². The zero-order chi connectivity index (χ0) is 8.16.